The Morgan fingerprint density at radius 3 is 2.50 bits per heavy atom. The third-order valence-electron chi connectivity index (χ3n) is 4.08. The number of nitrogens with zero attached hydrogens (tertiary/aromatic N) is 3. The molecule has 1 N–H and O–H groups in total. The summed E-state index contributed by atoms with van der Waals surface area (Å²) in [7, 11) is 3.43. The van der Waals surface area contributed by atoms with Crippen molar-refractivity contribution < 1.29 is 9.72 Å². The number of nitrogens with one attached hydrogen (secondary N) is 1. The number of aromatic nitrogens is 1. The molecule has 3 aromatic rings. The van der Waals surface area contributed by atoms with Crippen LogP contribution in [0.25, 0.3) is 10.8 Å². The van der Waals surface area contributed by atoms with Crippen molar-refractivity contribution in [3.8, 4) is 0 Å². The zero-order valence-corrected chi connectivity index (χ0v) is 14.5. The lowest BCUT2D eigenvalue weighted by molar-refractivity contribution is -0.383. The van der Waals surface area contributed by atoms with Crippen LogP contribution >= 0.6 is 0 Å². The van der Waals surface area contributed by atoms with Gasteiger partial charge in [-0.05, 0) is 29.8 Å². The highest BCUT2D eigenvalue weighted by molar-refractivity contribution is 5.99. The minimum atomic E-state index is -0.408. The first-order chi connectivity index (χ1) is 12.5. The average molecular weight is 350 g/mol. The number of anilines is 1. The number of benzene rings is 2. The molecule has 0 saturated carbocycles. The van der Waals surface area contributed by atoms with E-state index in [2.05, 4.69) is 10.3 Å². The fourth-order valence-corrected chi connectivity index (χ4v) is 2.71. The van der Waals surface area contributed by atoms with Crippen LogP contribution in [0.3, 0.4) is 0 Å². The van der Waals surface area contributed by atoms with E-state index >= 15 is 0 Å². The highest BCUT2D eigenvalue weighted by atomic mass is 16.6. The molecule has 0 radical (unpaired) electrons. The van der Waals surface area contributed by atoms with Crippen LogP contribution in [0.1, 0.15) is 15.9 Å². The van der Waals surface area contributed by atoms with Gasteiger partial charge in [0.1, 0.15) is 0 Å². The summed E-state index contributed by atoms with van der Waals surface area (Å²) in [6.45, 7) is 0.533. The van der Waals surface area contributed by atoms with Crippen molar-refractivity contribution in [2.45, 2.75) is 6.54 Å². The third kappa shape index (κ3) is 3.46. The van der Waals surface area contributed by atoms with Crippen LogP contribution < -0.4 is 5.32 Å². The van der Waals surface area contributed by atoms with Gasteiger partial charge < -0.3 is 10.2 Å². The molecule has 0 aliphatic rings. The lowest BCUT2D eigenvalue weighted by Crippen LogP contribution is -2.21. The summed E-state index contributed by atoms with van der Waals surface area (Å²) in [5.74, 6) is -0.0432. The predicted octanol–water partition coefficient (Wildman–Crippen LogP) is 3.46. The van der Waals surface area contributed by atoms with Crippen LogP contribution in [0.15, 0.2) is 54.9 Å². The molecule has 0 spiro atoms. The van der Waals surface area contributed by atoms with Crippen LogP contribution in [0.2, 0.25) is 0 Å². The fourth-order valence-electron chi connectivity index (χ4n) is 2.71. The van der Waals surface area contributed by atoms with Gasteiger partial charge in [-0.2, -0.15) is 0 Å². The minimum absolute atomic E-state index is 0.0326. The Morgan fingerprint density at radius 2 is 1.85 bits per heavy atom. The standard InChI is InChI=1S/C19H18N4O3/c1-22(2)19(24)14-5-3-13(4-6-14)11-21-17-7-8-18(23(25)26)16-12-20-10-9-15(16)17/h3-10,12,21H,11H2,1-2H3. The van der Waals surface area contributed by atoms with Gasteiger partial charge in [0.05, 0.1) is 10.3 Å². The molecule has 132 valence electrons. The summed E-state index contributed by atoms with van der Waals surface area (Å²) in [4.78, 5) is 28.2. The fraction of sp³-hybridized carbons (Fsp3) is 0.158. The van der Waals surface area contributed by atoms with E-state index < -0.39 is 4.92 Å². The van der Waals surface area contributed by atoms with Crippen LogP contribution in [0, 0.1) is 10.1 Å². The normalized spacial score (nSPS) is 10.5. The highest BCUT2D eigenvalue weighted by Gasteiger charge is 2.14. The Bertz CT molecular complexity index is 968. The zero-order chi connectivity index (χ0) is 18.7. The van der Waals surface area contributed by atoms with E-state index in [1.807, 2.05) is 12.1 Å². The van der Waals surface area contributed by atoms with Gasteiger partial charge in [0, 0.05) is 55.7 Å². The minimum Gasteiger partial charge on any atom is -0.380 e. The predicted molar refractivity (Wildman–Crippen MR) is 100 cm³/mol. The molecule has 3 rings (SSSR count). The van der Waals surface area contributed by atoms with Crippen molar-refractivity contribution >= 4 is 28.1 Å². The van der Waals surface area contributed by atoms with E-state index in [-0.39, 0.29) is 11.6 Å². The van der Waals surface area contributed by atoms with Gasteiger partial charge in [0.25, 0.3) is 11.6 Å². The Hall–Kier alpha value is -3.48. The zero-order valence-electron chi connectivity index (χ0n) is 14.5. The van der Waals surface area contributed by atoms with Gasteiger partial charge in [0.2, 0.25) is 0 Å². The second-order valence-corrected chi connectivity index (χ2v) is 6.06. The molecule has 7 nitrogen and oxygen atoms in total. The second-order valence-electron chi connectivity index (χ2n) is 6.06. The van der Waals surface area contributed by atoms with Crippen molar-refractivity contribution in [1.29, 1.82) is 0 Å². The number of fused-ring (bicyclic) bond motifs is 1. The molecule has 1 amide bonds. The first-order valence-electron chi connectivity index (χ1n) is 8.03. The topological polar surface area (TPSA) is 88.4 Å². The third-order valence-corrected chi connectivity index (χ3v) is 4.08. The van der Waals surface area contributed by atoms with E-state index in [1.165, 1.54) is 17.2 Å². The molecular weight excluding hydrogens is 332 g/mol. The van der Waals surface area contributed by atoms with Crippen LogP contribution in [0.4, 0.5) is 11.4 Å². The van der Waals surface area contributed by atoms with E-state index in [0.717, 1.165) is 16.6 Å². The number of pyridine rings is 1. The summed E-state index contributed by atoms with van der Waals surface area (Å²) in [5.41, 5.74) is 2.46. The number of rotatable bonds is 5. The molecule has 2 aromatic carbocycles. The molecule has 1 heterocycles. The Morgan fingerprint density at radius 1 is 1.12 bits per heavy atom. The van der Waals surface area contributed by atoms with Crippen molar-refractivity contribution in [2.75, 3.05) is 19.4 Å². The number of hydrogen-bond donors (Lipinski definition) is 1. The van der Waals surface area contributed by atoms with Gasteiger partial charge in [-0.15, -0.1) is 0 Å². The molecule has 0 saturated heterocycles. The number of hydrogen-bond acceptors (Lipinski definition) is 5. The van der Waals surface area contributed by atoms with Crippen LogP contribution in [-0.2, 0) is 6.54 Å². The maximum atomic E-state index is 11.9. The molecule has 0 aliphatic carbocycles. The molecule has 26 heavy (non-hydrogen) atoms. The number of non-ortho nitro benzene ring substituents is 1. The van der Waals surface area contributed by atoms with E-state index in [1.54, 1.807) is 44.6 Å². The monoisotopic (exact) mass is 350 g/mol. The van der Waals surface area contributed by atoms with Crippen molar-refractivity contribution in [2.24, 2.45) is 0 Å². The Kier molecular flexibility index (Phi) is 4.79. The molecule has 0 bridgehead atoms. The number of amides is 1. The first kappa shape index (κ1) is 17.3. The summed E-state index contributed by atoms with van der Waals surface area (Å²) in [6.07, 6.45) is 3.11. The molecule has 0 aliphatic heterocycles. The molecule has 0 atom stereocenters. The van der Waals surface area contributed by atoms with Gasteiger partial charge in [-0.25, -0.2) is 0 Å². The van der Waals surface area contributed by atoms with E-state index in [9.17, 15) is 14.9 Å². The van der Waals surface area contributed by atoms with Gasteiger partial charge in [-0.1, -0.05) is 12.1 Å². The van der Waals surface area contributed by atoms with Crippen molar-refractivity contribution in [3.63, 3.8) is 0 Å². The quantitative estimate of drug-likeness (QED) is 0.562. The summed E-state index contributed by atoms with van der Waals surface area (Å²) in [5, 5.41) is 15.7. The van der Waals surface area contributed by atoms with E-state index in [4.69, 9.17) is 0 Å². The van der Waals surface area contributed by atoms with Crippen LogP contribution in [0.5, 0.6) is 0 Å². The molecule has 0 unspecified atom stereocenters. The molecular formula is C19H18N4O3. The maximum Gasteiger partial charge on any atom is 0.278 e. The van der Waals surface area contributed by atoms with Crippen molar-refractivity contribution in [3.05, 3.63) is 76.1 Å². The Labute approximate surface area is 150 Å². The lowest BCUT2D eigenvalue weighted by atomic mass is 10.1. The molecule has 0 fully saturated rings. The largest absolute Gasteiger partial charge is 0.380 e. The highest BCUT2D eigenvalue weighted by Crippen LogP contribution is 2.30. The maximum absolute atomic E-state index is 11.9. The number of carbonyl (C=O) groups is 1. The number of nitro benzene ring substituents is 1. The summed E-state index contributed by atoms with van der Waals surface area (Å²) < 4.78 is 0. The van der Waals surface area contributed by atoms with Gasteiger partial charge in [-0.3, -0.25) is 19.9 Å². The Balaban J connectivity index is 1.81. The molecule has 7 heteroatoms. The second kappa shape index (κ2) is 7.18. The number of carbonyl (C=O) groups excluding carboxylic acids is 1. The van der Waals surface area contributed by atoms with Gasteiger partial charge in [0.15, 0.2) is 0 Å². The average Bonchev–Trinajstić information content (AvgIpc) is 2.65. The van der Waals surface area contributed by atoms with E-state index in [0.29, 0.717) is 17.5 Å². The summed E-state index contributed by atoms with van der Waals surface area (Å²) in [6, 6.07) is 12.3. The molecule has 1 aromatic heterocycles. The lowest BCUT2D eigenvalue weighted by Gasteiger charge is -2.12. The number of nitro groups is 1. The summed E-state index contributed by atoms with van der Waals surface area (Å²) >= 11 is 0. The van der Waals surface area contributed by atoms with Crippen LogP contribution in [-0.4, -0.2) is 34.8 Å². The first-order valence-corrected chi connectivity index (χ1v) is 8.03. The van der Waals surface area contributed by atoms with Gasteiger partial charge >= 0.3 is 0 Å². The smallest absolute Gasteiger partial charge is 0.278 e. The van der Waals surface area contributed by atoms with Crippen molar-refractivity contribution in [1.82, 2.24) is 9.88 Å². The SMILES string of the molecule is CN(C)C(=O)c1ccc(CNc2ccc([N+](=O)[O-])c3cnccc23)cc1.